The number of likely N-dealkylation sites (tertiary alicyclic amines) is 1. The maximum absolute atomic E-state index is 12.5. The minimum Gasteiger partial charge on any atom is -0.338 e. The Morgan fingerprint density at radius 3 is 2.55 bits per heavy atom. The van der Waals surface area contributed by atoms with Crippen LogP contribution in [0, 0.1) is 5.92 Å². The molecule has 1 aromatic rings. The predicted octanol–water partition coefficient (Wildman–Crippen LogP) is 3.61. The second-order valence-corrected chi connectivity index (χ2v) is 5.92. The van der Waals surface area contributed by atoms with Crippen molar-refractivity contribution in [2.75, 3.05) is 13.1 Å². The van der Waals surface area contributed by atoms with Gasteiger partial charge < -0.3 is 10.6 Å². The van der Waals surface area contributed by atoms with Gasteiger partial charge in [-0.3, -0.25) is 4.79 Å². The minimum absolute atomic E-state index is 0. The van der Waals surface area contributed by atoms with Crippen molar-refractivity contribution in [1.29, 1.82) is 0 Å². The molecule has 0 aromatic heterocycles. The van der Waals surface area contributed by atoms with Crippen LogP contribution in [0.1, 0.15) is 30.1 Å². The second-order valence-electron chi connectivity index (χ2n) is 5.11. The predicted molar refractivity (Wildman–Crippen MR) is 86.0 cm³/mol. The van der Waals surface area contributed by atoms with Gasteiger partial charge in [0.15, 0.2) is 0 Å². The van der Waals surface area contributed by atoms with Crippen molar-refractivity contribution in [1.82, 2.24) is 4.90 Å². The summed E-state index contributed by atoms with van der Waals surface area (Å²) in [7, 11) is 0. The topological polar surface area (TPSA) is 46.3 Å². The van der Waals surface area contributed by atoms with Crippen molar-refractivity contribution in [3.63, 3.8) is 0 Å². The number of rotatable bonds is 2. The van der Waals surface area contributed by atoms with E-state index in [1.54, 1.807) is 18.2 Å². The highest BCUT2D eigenvalue weighted by atomic mass is 35.5. The minimum atomic E-state index is -0.0963. The number of carbonyl (C=O) groups is 1. The van der Waals surface area contributed by atoms with Crippen LogP contribution in [0.25, 0.3) is 0 Å². The fourth-order valence-corrected chi connectivity index (χ4v) is 3.04. The first-order valence-electron chi connectivity index (χ1n) is 6.49. The molecular formula is C14H19Cl3N2O. The van der Waals surface area contributed by atoms with E-state index in [2.05, 4.69) is 0 Å². The highest BCUT2D eigenvalue weighted by molar-refractivity contribution is 6.39. The lowest BCUT2D eigenvalue weighted by molar-refractivity contribution is 0.0661. The average Bonchev–Trinajstić information content (AvgIpc) is 2.38. The Hall–Kier alpha value is -0.480. The SMILES string of the molecule is CC(N)C1CCCN(C(=O)c2c(Cl)cccc2Cl)C1.Cl. The van der Waals surface area contributed by atoms with E-state index in [1.807, 2.05) is 11.8 Å². The number of piperidine rings is 1. The number of nitrogens with two attached hydrogens (primary N) is 1. The Balaban J connectivity index is 0.00000200. The van der Waals surface area contributed by atoms with Crippen LogP contribution in [0.15, 0.2) is 18.2 Å². The normalized spacial score (nSPS) is 20.2. The van der Waals surface area contributed by atoms with Gasteiger partial charge in [-0.1, -0.05) is 29.3 Å². The third-order valence-corrected chi connectivity index (χ3v) is 4.30. The molecule has 1 heterocycles. The molecule has 2 atom stereocenters. The number of nitrogens with zero attached hydrogens (tertiary/aromatic N) is 1. The number of hydrogen-bond acceptors (Lipinski definition) is 2. The quantitative estimate of drug-likeness (QED) is 0.896. The summed E-state index contributed by atoms with van der Waals surface area (Å²) >= 11 is 12.2. The highest BCUT2D eigenvalue weighted by Gasteiger charge is 2.28. The molecule has 112 valence electrons. The van der Waals surface area contributed by atoms with Gasteiger partial charge in [0.1, 0.15) is 0 Å². The van der Waals surface area contributed by atoms with Crippen molar-refractivity contribution in [3.05, 3.63) is 33.8 Å². The van der Waals surface area contributed by atoms with E-state index >= 15 is 0 Å². The lowest BCUT2D eigenvalue weighted by Gasteiger charge is -2.35. The molecule has 0 bridgehead atoms. The summed E-state index contributed by atoms with van der Waals surface area (Å²) in [5.74, 6) is 0.250. The largest absolute Gasteiger partial charge is 0.338 e. The summed E-state index contributed by atoms with van der Waals surface area (Å²) in [6, 6.07) is 5.21. The molecule has 2 unspecified atom stereocenters. The van der Waals surface area contributed by atoms with E-state index in [9.17, 15) is 4.79 Å². The van der Waals surface area contributed by atoms with Gasteiger partial charge in [-0.15, -0.1) is 12.4 Å². The van der Waals surface area contributed by atoms with Gasteiger partial charge in [-0.25, -0.2) is 0 Å². The molecule has 0 spiro atoms. The third kappa shape index (κ3) is 3.79. The molecule has 0 saturated carbocycles. The maximum atomic E-state index is 12.5. The Morgan fingerprint density at radius 1 is 1.40 bits per heavy atom. The van der Waals surface area contributed by atoms with Crippen LogP contribution in [-0.4, -0.2) is 29.9 Å². The second kappa shape index (κ2) is 7.51. The summed E-state index contributed by atoms with van der Waals surface area (Å²) in [6.07, 6.45) is 2.04. The first-order chi connectivity index (χ1) is 9.00. The summed E-state index contributed by atoms with van der Waals surface area (Å²) in [5.41, 5.74) is 6.34. The zero-order chi connectivity index (χ0) is 14.0. The summed E-state index contributed by atoms with van der Waals surface area (Å²) in [6.45, 7) is 3.41. The van der Waals surface area contributed by atoms with Crippen LogP contribution in [0.3, 0.4) is 0 Å². The van der Waals surface area contributed by atoms with Crippen LogP contribution in [0.4, 0.5) is 0 Å². The first-order valence-corrected chi connectivity index (χ1v) is 7.25. The molecule has 2 N–H and O–H groups in total. The van der Waals surface area contributed by atoms with Gasteiger partial charge in [0.05, 0.1) is 15.6 Å². The number of halogens is 3. The molecule has 0 aliphatic carbocycles. The van der Waals surface area contributed by atoms with E-state index < -0.39 is 0 Å². The summed E-state index contributed by atoms with van der Waals surface area (Å²) < 4.78 is 0. The molecule has 3 nitrogen and oxygen atoms in total. The van der Waals surface area contributed by atoms with E-state index in [0.29, 0.717) is 28.1 Å². The van der Waals surface area contributed by atoms with Crippen LogP contribution in [-0.2, 0) is 0 Å². The Labute approximate surface area is 135 Å². The molecule has 0 radical (unpaired) electrons. The average molecular weight is 338 g/mol. The van der Waals surface area contributed by atoms with Gasteiger partial charge >= 0.3 is 0 Å². The molecule has 6 heteroatoms. The van der Waals surface area contributed by atoms with E-state index in [0.717, 1.165) is 19.4 Å². The van der Waals surface area contributed by atoms with Crippen molar-refractivity contribution < 1.29 is 4.79 Å². The van der Waals surface area contributed by atoms with E-state index in [4.69, 9.17) is 28.9 Å². The van der Waals surface area contributed by atoms with Gasteiger partial charge in [0, 0.05) is 19.1 Å². The smallest absolute Gasteiger partial charge is 0.256 e. The van der Waals surface area contributed by atoms with Crippen molar-refractivity contribution in [2.24, 2.45) is 11.7 Å². The molecule has 1 amide bonds. The fourth-order valence-electron chi connectivity index (χ4n) is 2.48. The van der Waals surface area contributed by atoms with Crippen LogP contribution in [0.2, 0.25) is 10.0 Å². The van der Waals surface area contributed by atoms with Crippen LogP contribution < -0.4 is 5.73 Å². The lowest BCUT2D eigenvalue weighted by atomic mass is 9.92. The molecular weight excluding hydrogens is 319 g/mol. The van der Waals surface area contributed by atoms with Gasteiger partial charge in [-0.2, -0.15) is 0 Å². The van der Waals surface area contributed by atoms with Crippen LogP contribution >= 0.6 is 35.6 Å². The van der Waals surface area contributed by atoms with Gasteiger partial charge in [0.25, 0.3) is 5.91 Å². The molecule has 1 aromatic carbocycles. The molecule has 2 rings (SSSR count). The van der Waals surface area contributed by atoms with E-state index in [1.165, 1.54) is 0 Å². The molecule has 1 aliphatic heterocycles. The number of carbonyl (C=O) groups excluding carboxylic acids is 1. The molecule has 1 saturated heterocycles. The van der Waals surface area contributed by atoms with Gasteiger partial charge in [-0.05, 0) is 37.8 Å². The van der Waals surface area contributed by atoms with Crippen molar-refractivity contribution in [3.8, 4) is 0 Å². The van der Waals surface area contributed by atoms with Crippen molar-refractivity contribution in [2.45, 2.75) is 25.8 Å². The third-order valence-electron chi connectivity index (χ3n) is 3.67. The van der Waals surface area contributed by atoms with Gasteiger partial charge in [0.2, 0.25) is 0 Å². The zero-order valence-electron chi connectivity index (χ0n) is 11.3. The van der Waals surface area contributed by atoms with Crippen LogP contribution in [0.5, 0.6) is 0 Å². The summed E-state index contributed by atoms with van der Waals surface area (Å²) in [5, 5.41) is 0.806. The Bertz CT molecular complexity index is 459. The highest BCUT2D eigenvalue weighted by Crippen LogP contribution is 2.28. The van der Waals surface area contributed by atoms with Crippen molar-refractivity contribution >= 4 is 41.5 Å². The molecule has 1 aliphatic rings. The molecule has 1 fully saturated rings. The monoisotopic (exact) mass is 336 g/mol. The first kappa shape index (κ1) is 17.6. The molecule has 20 heavy (non-hydrogen) atoms. The Kier molecular flexibility index (Phi) is 6.59. The Morgan fingerprint density at radius 2 is 2.00 bits per heavy atom. The maximum Gasteiger partial charge on any atom is 0.256 e. The zero-order valence-corrected chi connectivity index (χ0v) is 13.6. The standard InChI is InChI=1S/C14H18Cl2N2O.ClH/c1-9(17)10-4-3-7-18(8-10)14(19)13-11(15)5-2-6-12(13)16;/h2,5-6,9-10H,3-4,7-8,17H2,1H3;1H. The number of benzene rings is 1. The fraction of sp³-hybridized carbons (Fsp3) is 0.500. The number of amides is 1. The number of hydrogen-bond donors (Lipinski definition) is 1. The van der Waals surface area contributed by atoms with E-state index in [-0.39, 0.29) is 24.4 Å². The summed E-state index contributed by atoms with van der Waals surface area (Å²) in [4.78, 5) is 14.3. The lowest BCUT2D eigenvalue weighted by Crippen LogP contribution is -2.45.